The van der Waals surface area contributed by atoms with Crippen LogP contribution in [0.5, 0.6) is 0 Å². The number of nitrogens with zero attached hydrogens (tertiary/aromatic N) is 1. The van der Waals surface area contributed by atoms with Crippen molar-refractivity contribution in [1.29, 1.82) is 0 Å². The van der Waals surface area contributed by atoms with Gasteiger partial charge in [0.15, 0.2) is 0 Å². The van der Waals surface area contributed by atoms with Gasteiger partial charge in [-0.25, -0.2) is 4.79 Å². The Bertz CT molecular complexity index is 528. The van der Waals surface area contributed by atoms with Crippen molar-refractivity contribution in [3.05, 3.63) is 48.6 Å². The smallest absolute Gasteiger partial charge is 0.397 e. The average molecular weight is 347 g/mol. The van der Waals surface area contributed by atoms with Crippen molar-refractivity contribution in [2.24, 2.45) is 0 Å². The van der Waals surface area contributed by atoms with Crippen molar-refractivity contribution in [2.45, 2.75) is 13.5 Å². The van der Waals surface area contributed by atoms with Gasteiger partial charge in [0.1, 0.15) is 0 Å². The minimum absolute atomic E-state index is 0.359. The predicted molar refractivity (Wildman–Crippen MR) is 89.2 cm³/mol. The SMILES string of the molecule is C=CC(=O)OCC.CN(C)Cc1ccccc1.COS(=O)(=O)O. The zero-order valence-electron chi connectivity index (χ0n) is 13.9. The summed E-state index contributed by atoms with van der Waals surface area (Å²) >= 11 is 0. The summed E-state index contributed by atoms with van der Waals surface area (Å²) in [5.41, 5.74) is 1.37. The van der Waals surface area contributed by atoms with E-state index >= 15 is 0 Å². The number of carbonyl (C=O) groups is 1. The molecule has 0 aromatic heterocycles. The molecule has 0 radical (unpaired) electrons. The highest BCUT2D eigenvalue weighted by Gasteiger charge is 1.94. The van der Waals surface area contributed by atoms with Gasteiger partial charge in [0.2, 0.25) is 0 Å². The lowest BCUT2D eigenvalue weighted by Crippen LogP contribution is -2.10. The summed E-state index contributed by atoms with van der Waals surface area (Å²) in [7, 11) is 0.861. The number of hydrogen-bond donors (Lipinski definition) is 1. The van der Waals surface area contributed by atoms with Crippen LogP contribution in [0.15, 0.2) is 43.0 Å². The first kappa shape index (κ1) is 23.5. The van der Waals surface area contributed by atoms with Gasteiger partial charge >= 0.3 is 16.4 Å². The zero-order chi connectivity index (χ0) is 18.3. The van der Waals surface area contributed by atoms with E-state index in [0.717, 1.165) is 19.7 Å². The van der Waals surface area contributed by atoms with E-state index in [9.17, 15) is 13.2 Å². The summed E-state index contributed by atoms with van der Waals surface area (Å²) in [4.78, 5) is 12.2. The Morgan fingerprint density at radius 3 is 2.04 bits per heavy atom. The second kappa shape index (κ2) is 13.9. The van der Waals surface area contributed by atoms with Crippen LogP contribution in [0.4, 0.5) is 0 Å². The third-order valence-electron chi connectivity index (χ3n) is 2.01. The summed E-state index contributed by atoms with van der Waals surface area (Å²) in [6, 6.07) is 10.5. The Labute approximate surface area is 138 Å². The van der Waals surface area contributed by atoms with Crippen LogP contribution in [-0.4, -0.2) is 51.7 Å². The molecule has 1 rings (SSSR count). The highest BCUT2D eigenvalue weighted by Crippen LogP contribution is 1.99. The maximum absolute atomic E-state index is 10.1. The molecule has 0 aliphatic carbocycles. The Balaban J connectivity index is 0. The Kier molecular flexibility index (Phi) is 14.2. The van der Waals surface area contributed by atoms with E-state index in [-0.39, 0.29) is 5.97 Å². The molecule has 0 fully saturated rings. The first-order valence-electron chi connectivity index (χ1n) is 6.67. The molecule has 1 N–H and O–H groups in total. The number of hydrogen-bond acceptors (Lipinski definition) is 6. The Morgan fingerprint density at radius 2 is 1.78 bits per heavy atom. The lowest BCUT2D eigenvalue weighted by atomic mass is 10.2. The van der Waals surface area contributed by atoms with Gasteiger partial charge in [-0.05, 0) is 26.6 Å². The largest absolute Gasteiger partial charge is 0.463 e. The van der Waals surface area contributed by atoms with E-state index in [4.69, 9.17) is 4.55 Å². The minimum Gasteiger partial charge on any atom is -0.463 e. The van der Waals surface area contributed by atoms with Crippen molar-refractivity contribution in [3.63, 3.8) is 0 Å². The molecule has 1 aromatic carbocycles. The lowest BCUT2D eigenvalue weighted by Gasteiger charge is -2.08. The first-order valence-corrected chi connectivity index (χ1v) is 8.03. The molecule has 0 spiro atoms. The van der Waals surface area contributed by atoms with E-state index in [0.29, 0.717) is 6.61 Å². The molecular weight excluding hydrogens is 322 g/mol. The quantitative estimate of drug-likeness (QED) is 0.494. The molecule has 0 aliphatic heterocycles. The fraction of sp³-hybridized carbons (Fsp3) is 0.400. The zero-order valence-corrected chi connectivity index (χ0v) is 14.7. The average Bonchev–Trinajstić information content (AvgIpc) is 2.48. The van der Waals surface area contributed by atoms with Crippen LogP contribution in [0, 0.1) is 0 Å². The molecule has 132 valence electrons. The summed E-state index contributed by atoms with van der Waals surface area (Å²) in [5, 5.41) is 0. The number of carbonyl (C=O) groups excluding carboxylic acids is 1. The normalized spacial score (nSPS) is 9.83. The molecule has 0 aliphatic rings. The topological polar surface area (TPSA) is 93.1 Å². The number of esters is 1. The molecule has 0 unspecified atom stereocenters. The van der Waals surface area contributed by atoms with Gasteiger partial charge in [-0.3, -0.25) is 8.74 Å². The molecule has 0 heterocycles. The van der Waals surface area contributed by atoms with Crippen molar-refractivity contribution in [1.82, 2.24) is 4.90 Å². The molecule has 0 saturated heterocycles. The summed E-state index contributed by atoms with van der Waals surface area (Å²) in [5.74, 6) is -0.359. The Hall–Kier alpha value is -1.74. The van der Waals surface area contributed by atoms with Gasteiger partial charge in [-0.2, -0.15) is 8.42 Å². The maximum atomic E-state index is 10.1. The Morgan fingerprint density at radius 1 is 1.30 bits per heavy atom. The van der Waals surface area contributed by atoms with Crippen LogP contribution in [-0.2, 0) is 30.7 Å². The predicted octanol–water partition coefficient (Wildman–Crippen LogP) is 1.92. The van der Waals surface area contributed by atoms with Crippen molar-refractivity contribution < 1.29 is 26.7 Å². The second-order valence-electron chi connectivity index (χ2n) is 4.27. The molecule has 7 nitrogen and oxygen atoms in total. The fourth-order valence-corrected chi connectivity index (χ4v) is 1.15. The van der Waals surface area contributed by atoms with Gasteiger partial charge < -0.3 is 9.64 Å². The summed E-state index contributed by atoms with van der Waals surface area (Å²) in [6.07, 6.45) is 1.14. The van der Waals surface area contributed by atoms with E-state index in [1.807, 2.05) is 6.07 Å². The maximum Gasteiger partial charge on any atom is 0.397 e. The van der Waals surface area contributed by atoms with E-state index in [2.05, 4.69) is 58.8 Å². The number of rotatable bonds is 5. The fourth-order valence-electron chi connectivity index (χ4n) is 1.15. The van der Waals surface area contributed by atoms with Gasteiger partial charge in [-0.1, -0.05) is 36.9 Å². The van der Waals surface area contributed by atoms with E-state index < -0.39 is 10.4 Å². The van der Waals surface area contributed by atoms with Crippen LogP contribution >= 0.6 is 0 Å². The van der Waals surface area contributed by atoms with Gasteiger partial charge in [0, 0.05) is 12.6 Å². The molecule has 0 bridgehead atoms. The molecule has 0 amide bonds. The monoisotopic (exact) mass is 347 g/mol. The molecule has 0 saturated carbocycles. The van der Waals surface area contributed by atoms with Crippen molar-refractivity contribution in [2.75, 3.05) is 27.8 Å². The highest BCUT2D eigenvalue weighted by atomic mass is 32.3. The minimum atomic E-state index is -4.16. The molecule has 1 aromatic rings. The second-order valence-corrected chi connectivity index (χ2v) is 5.46. The highest BCUT2D eigenvalue weighted by molar-refractivity contribution is 7.80. The van der Waals surface area contributed by atoms with Crippen LogP contribution in [0.1, 0.15) is 12.5 Å². The number of benzene rings is 1. The molecule has 23 heavy (non-hydrogen) atoms. The van der Waals surface area contributed by atoms with Gasteiger partial charge in [0.05, 0.1) is 13.7 Å². The lowest BCUT2D eigenvalue weighted by molar-refractivity contribution is -0.137. The standard InChI is InChI=1S/C9H13N.C5H8O2.CH4O4S/c1-10(2)8-9-6-4-3-5-7-9;1-3-5(6)7-4-2;1-5-6(2,3)4/h3-7H,8H2,1-2H3;3H,1,4H2,2H3;1H3,(H,2,3,4). The molecule has 8 heteroatoms. The van der Waals surface area contributed by atoms with Crippen molar-refractivity contribution >= 4 is 16.4 Å². The summed E-state index contributed by atoms with van der Waals surface area (Å²) < 4.78 is 34.1. The third kappa shape index (κ3) is 20.3. The van der Waals surface area contributed by atoms with Crippen LogP contribution < -0.4 is 0 Å². The van der Waals surface area contributed by atoms with Gasteiger partial charge in [0.25, 0.3) is 0 Å². The summed E-state index contributed by atoms with van der Waals surface area (Å²) in [6.45, 7) is 6.41. The van der Waals surface area contributed by atoms with E-state index in [1.165, 1.54) is 5.56 Å². The van der Waals surface area contributed by atoms with Gasteiger partial charge in [-0.15, -0.1) is 0 Å². The third-order valence-corrected chi connectivity index (χ3v) is 2.43. The van der Waals surface area contributed by atoms with Crippen LogP contribution in [0.25, 0.3) is 0 Å². The molecule has 0 atom stereocenters. The van der Waals surface area contributed by atoms with Crippen LogP contribution in [0.3, 0.4) is 0 Å². The van der Waals surface area contributed by atoms with Crippen LogP contribution in [0.2, 0.25) is 0 Å². The first-order chi connectivity index (χ1) is 10.7. The van der Waals surface area contributed by atoms with E-state index in [1.54, 1.807) is 6.92 Å². The van der Waals surface area contributed by atoms with Crippen molar-refractivity contribution in [3.8, 4) is 0 Å². The number of ether oxygens (including phenoxy) is 1. The molecular formula is C15H25NO6S.